The fraction of sp³-hybridized carbons (Fsp3) is 0.316. The van der Waals surface area contributed by atoms with E-state index < -0.39 is 0 Å². The summed E-state index contributed by atoms with van der Waals surface area (Å²) in [5, 5.41) is 5.84. The van der Waals surface area contributed by atoms with Gasteiger partial charge in [0.05, 0.1) is 0 Å². The Labute approximate surface area is 141 Å². The minimum Gasteiger partial charge on any atom is -0.454 e. The van der Waals surface area contributed by atoms with E-state index in [2.05, 4.69) is 34.9 Å². The maximum atomic E-state index is 12.2. The molecule has 0 bridgehead atoms. The van der Waals surface area contributed by atoms with E-state index in [0.29, 0.717) is 29.6 Å². The van der Waals surface area contributed by atoms with Crippen molar-refractivity contribution in [1.29, 1.82) is 0 Å². The van der Waals surface area contributed by atoms with E-state index in [1.807, 2.05) is 6.07 Å². The fourth-order valence-electron chi connectivity index (χ4n) is 3.43. The van der Waals surface area contributed by atoms with Crippen LogP contribution in [-0.2, 0) is 6.42 Å². The first-order valence-corrected chi connectivity index (χ1v) is 8.32. The zero-order chi connectivity index (χ0) is 16.4. The number of benzene rings is 2. The third-order valence-corrected chi connectivity index (χ3v) is 4.63. The highest BCUT2D eigenvalue weighted by Crippen LogP contribution is 2.34. The average molecular weight is 324 g/mol. The standard InChI is InChI=1S/C19H20N2O3/c22-19(21-15-8-9-17-18(10-15)24-12-23-17)20-11-14-6-3-5-13-4-1-2-7-16(13)14/h1-2,4,7-10,14H,3,5-6,11-12H2,(H2,20,21,22). The summed E-state index contributed by atoms with van der Waals surface area (Å²) in [4.78, 5) is 12.2. The second-order valence-electron chi connectivity index (χ2n) is 6.19. The van der Waals surface area contributed by atoms with Gasteiger partial charge in [-0.15, -0.1) is 0 Å². The Bertz CT molecular complexity index is 760. The van der Waals surface area contributed by atoms with Gasteiger partial charge in [-0.2, -0.15) is 0 Å². The van der Waals surface area contributed by atoms with Crippen molar-refractivity contribution in [3.63, 3.8) is 0 Å². The predicted octanol–water partition coefficient (Wildman–Crippen LogP) is 3.66. The van der Waals surface area contributed by atoms with E-state index in [-0.39, 0.29) is 12.8 Å². The highest BCUT2D eigenvalue weighted by Gasteiger charge is 2.20. The van der Waals surface area contributed by atoms with Gasteiger partial charge in [-0.25, -0.2) is 4.79 Å². The van der Waals surface area contributed by atoms with Crippen molar-refractivity contribution in [3.05, 3.63) is 53.6 Å². The Balaban J connectivity index is 1.36. The zero-order valence-electron chi connectivity index (χ0n) is 13.4. The summed E-state index contributed by atoms with van der Waals surface area (Å²) in [7, 11) is 0. The molecule has 5 heteroatoms. The topological polar surface area (TPSA) is 59.6 Å². The lowest BCUT2D eigenvalue weighted by Crippen LogP contribution is -2.33. The lowest BCUT2D eigenvalue weighted by Gasteiger charge is -2.25. The maximum absolute atomic E-state index is 12.2. The van der Waals surface area contributed by atoms with Crippen molar-refractivity contribution in [3.8, 4) is 11.5 Å². The summed E-state index contributed by atoms with van der Waals surface area (Å²) in [5.74, 6) is 1.76. The quantitative estimate of drug-likeness (QED) is 0.906. The van der Waals surface area contributed by atoms with Gasteiger partial charge in [-0.05, 0) is 42.5 Å². The third kappa shape index (κ3) is 3.02. The first kappa shape index (κ1) is 14.9. The Morgan fingerprint density at radius 2 is 2.00 bits per heavy atom. The number of carbonyl (C=O) groups is 1. The second kappa shape index (κ2) is 6.43. The van der Waals surface area contributed by atoms with Crippen LogP contribution >= 0.6 is 0 Å². The van der Waals surface area contributed by atoms with Gasteiger partial charge < -0.3 is 20.1 Å². The Hall–Kier alpha value is -2.69. The van der Waals surface area contributed by atoms with Crippen LogP contribution in [0.1, 0.15) is 29.9 Å². The van der Waals surface area contributed by atoms with Gasteiger partial charge in [0.1, 0.15) is 0 Å². The van der Waals surface area contributed by atoms with Crippen LogP contribution in [0, 0.1) is 0 Å². The molecule has 1 heterocycles. The number of anilines is 1. The Morgan fingerprint density at radius 3 is 2.96 bits per heavy atom. The minimum absolute atomic E-state index is 0.197. The molecule has 0 saturated heterocycles. The van der Waals surface area contributed by atoms with Crippen LogP contribution in [-0.4, -0.2) is 19.4 Å². The number of hydrogen-bond donors (Lipinski definition) is 2. The Morgan fingerprint density at radius 1 is 1.12 bits per heavy atom. The van der Waals surface area contributed by atoms with Crippen LogP contribution in [0.2, 0.25) is 0 Å². The van der Waals surface area contributed by atoms with Crippen LogP contribution in [0.15, 0.2) is 42.5 Å². The predicted molar refractivity (Wildman–Crippen MR) is 91.7 cm³/mol. The highest BCUT2D eigenvalue weighted by atomic mass is 16.7. The molecule has 124 valence electrons. The molecule has 2 aromatic carbocycles. The van der Waals surface area contributed by atoms with Gasteiger partial charge in [0.25, 0.3) is 0 Å². The molecule has 5 nitrogen and oxygen atoms in total. The van der Waals surface area contributed by atoms with E-state index in [1.54, 1.807) is 12.1 Å². The molecule has 1 aliphatic heterocycles. The van der Waals surface area contributed by atoms with Crippen LogP contribution in [0.25, 0.3) is 0 Å². The molecule has 1 aliphatic carbocycles. The molecule has 1 unspecified atom stereocenters. The smallest absolute Gasteiger partial charge is 0.319 e. The largest absolute Gasteiger partial charge is 0.454 e. The number of amides is 2. The van der Waals surface area contributed by atoms with Crippen LogP contribution in [0.5, 0.6) is 11.5 Å². The number of ether oxygens (including phenoxy) is 2. The van der Waals surface area contributed by atoms with Crippen molar-refractivity contribution in [2.24, 2.45) is 0 Å². The van der Waals surface area contributed by atoms with Crippen molar-refractivity contribution < 1.29 is 14.3 Å². The van der Waals surface area contributed by atoms with E-state index in [0.717, 1.165) is 12.8 Å². The summed E-state index contributed by atoms with van der Waals surface area (Å²) in [5.41, 5.74) is 3.47. The molecule has 2 aliphatic rings. The number of urea groups is 1. The number of carbonyl (C=O) groups excluding carboxylic acids is 1. The number of rotatable bonds is 3. The molecular weight excluding hydrogens is 304 g/mol. The molecule has 4 rings (SSSR count). The molecular formula is C19H20N2O3. The molecule has 0 spiro atoms. The van der Waals surface area contributed by atoms with Crippen LogP contribution < -0.4 is 20.1 Å². The van der Waals surface area contributed by atoms with Crippen molar-refractivity contribution in [2.75, 3.05) is 18.7 Å². The van der Waals surface area contributed by atoms with Gasteiger partial charge >= 0.3 is 6.03 Å². The van der Waals surface area contributed by atoms with E-state index >= 15 is 0 Å². The molecule has 0 radical (unpaired) electrons. The molecule has 1 atom stereocenters. The van der Waals surface area contributed by atoms with Crippen molar-refractivity contribution >= 4 is 11.7 Å². The first-order chi connectivity index (χ1) is 11.8. The molecule has 2 N–H and O–H groups in total. The highest BCUT2D eigenvalue weighted by molar-refractivity contribution is 5.89. The number of nitrogens with one attached hydrogen (secondary N) is 2. The minimum atomic E-state index is -0.197. The SMILES string of the molecule is O=C(NCC1CCCc2ccccc21)Nc1ccc2c(c1)OCO2. The third-order valence-electron chi connectivity index (χ3n) is 4.63. The van der Waals surface area contributed by atoms with E-state index in [9.17, 15) is 4.79 Å². The van der Waals surface area contributed by atoms with Gasteiger partial charge in [0.2, 0.25) is 6.79 Å². The zero-order valence-corrected chi connectivity index (χ0v) is 13.4. The van der Waals surface area contributed by atoms with Crippen molar-refractivity contribution in [2.45, 2.75) is 25.2 Å². The molecule has 0 saturated carbocycles. The van der Waals surface area contributed by atoms with Crippen molar-refractivity contribution in [1.82, 2.24) is 5.32 Å². The molecule has 0 aromatic heterocycles. The molecule has 0 fully saturated rings. The van der Waals surface area contributed by atoms with E-state index in [4.69, 9.17) is 9.47 Å². The molecule has 2 amide bonds. The lowest BCUT2D eigenvalue weighted by molar-refractivity contribution is 0.174. The lowest BCUT2D eigenvalue weighted by atomic mass is 9.83. The number of hydrogen-bond acceptors (Lipinski definition) is 3. The fourth-order valence-corrected chi connectivity index (χ4v) is 3.43. The number of aryl methyl sites for hydroxylation is 1. The van der Waals surface area contributed by atoms with Gasteiger partial charge in [0.15, 0.2) is 11.5 Å². The van der Waals surface area contributed by atoms with Crippen LogP contribution in [0.4, 0.5) is 10.5 Å². The van der Waals surface area contributed by atoms with Crippen LogP contribution in [0.3, 0.4) is 0 Å². The van der Waals surface area contributed by atoms with Gasteiger partial charge in [-0.1, -0.05) is 24.3 Å². The average Bonchev–Trinajstić information content (AvgIpc) is 3.07. The molecule has 24 heavy (non-hydrogen) atoms. The number of fused-ring (bicyclic) bond motifs is 2. The normalized spacial score (nSPS) is 17.9. The van der Waals surface area contributed by atoms with Gasteiger partial charge in [-0.3, -0.25) is 0 Å². The Kier molecular flexibility index (Phi) is 3.99. The summed E-state index contributed by atoms with van der Waals surface area (Å²) >= 11 is 0. The summed E-state index contributed by atoms with van der Waals surface area (Å²) in [6.07, 6.45) is 3.42. The summed E-state index contributed by atoms with van der Waals surface area (Å²) < 4.78 is 10.6. The molecule has 2 aromatic rings. The van der Waals surface area contributed by atoms with E-state index in [1.165, 1.54) is 17.5 Å². The van der Waals surface area contributed by atoms with Gasteiger partial charge in [0, 0.05) is 24.2 Å². The summed E-state index contributed by atoms with van der Waals surface area (Å²) in [6.45, 7) is 0.874. The maximum Gasteiger partial charge on any atom is 0.319 e. The monoisotopic (exact) mass is 324 g/mol. The second-order valence-corrected chi connectivity index (χ2v) is 6.19. The first-order valence-electron chi connectivity index (χ1n) is 8.32. The summed E-state index contributed by atoms with van der Waals surface area (Å²) in [6, 6.07) is 13.7.